The number of methoxy groups -OCH3 is 1. The van der Waals surface area contributed by atoms with Crippen molar-refractivity contribution in [2.45, 2.75) is 26.9 Å². The molecule has 2 aromatic carbocycles. The fourth-order valence-corrected chi connectivity index (χ4v) is 4.16. The number of rotatable bonds is 9. The molecule has 4 aromatic heterocycles. The Kier molecular flexibility index (Phi) is 9.28. The first-order valence-electron chi connectivity index (χ1n) is 13.7. The van der Waals surface area contributed by atoms with Gasteiger partial charge in [0.05, 0.1) is 7.11 Å². The van der Waals surface area contributed by atoms with Crippen molar-refractivity contribution in [3.63, 3.8) is 0 Å². The number of benzene rings is 2. The molecule has 0 saturated heterocycles. The second-order valence-electron chi connectivity index (χ2n) is 9.74. The molecule has 0 aliphatic rings. The summed E-state index contributed by atoms with van der Waals surface area (Å²) >= 11 is 0. The van der Waals surface area contributed by atoms with Crippen LogP contribution in [-0.2, 0) is 13.1 Å². The molecule has 10 nitrogen and oxygen atoms in total. The van der Waals surface area contributed by atoms with E-state index in [1.165, 1.54) is 6.07 Å². The van der Waals surface area contributed by atoms with Crippen LogP contribution in [-0.4, -0.2) is 27.4 Å². The van der Waals surface area contributed by atoms with Gasteiger partial charge in [0.15, 0.2) is 0 Å². The van der Waals surface area contributed by atoms with Crippen molar-refractivity contribution in [1.29, 1.82) is 0 Å². The number of nitrogens with one attached hydrogen (secondary N) is 3. The van der Waals surface area contributed by atoms with Gasteiger partial charge in [-0.25, -0.2) is 0 Å². The highest BCUT2D eigenvalue weighted by Gasteiger charge is 2.05. The Balaban J connectivity index is 0.000000171. The third-order valence-corrected chi connectivity index (χ3v) is 6.41. The molecule has 0 saturated carbocycles. The molecular formula is C33H32N6O4. The summed E-state index contributed by atoms with van der Waals surface area (Å²) in [7, 11) is 1.61. The maximum atomic E-state index is 11.2. The maximum absolute atomic E-state index is 11.2. The lowest BCUT2D eigenvalue weighted by Gasteiger charge is -2.07. The van der Waals surface area contributed by atoms with Crippen LogP contribution in [0.15, 0.2) is 111 Å². The van der Waals surface area contributed by atoms with Crippen molar-refractivity contribution in [3.8, 4) is 28.4 Å². The van der Waals surface area contributed by atoms with Gasteiger partial charge in [-0.2, -0.15) is 4.98 Å². The van der Waals surface area contributed by atoms with Crippen LogP contribution in [0.1, 0.15) is 22.6 Å². The molecule has 0 fully saturated rings. The van der Waals surface area contributed by atoms with Gasteiger partial charge in [0.25, 0.3) is 0 Å². The molecule has 0 spiro atoms. The first-order chi connectivity index (χ1) is 20.9. The van der Waals surface area contributed by atoms with E-state index in [2.05, 4.69) is 43.0 Å². The molecule has 218 valence electrons. The van der Waals surface area contributed by atoms with Gasteiger partial charge in [-0.1, -0.05) is 71.0 Å². The number of hydrogen-bond donors (Lipinski definition) is 3. The summed E-state index contributed by atoms with van der Waals surface area (Å²) in [4.78, 5) is 18.2. The number of aromatic nitrogens is 4. The summed E-state index contributed by atoms with van der Waals surface area (Å²) in [6.45, 7) is 5.09. The molecule has 6 aromatic rings. The summed E-state index contributed by atoms with van der Waals surface area (Å²) in [5.74, 6) is 3.70. The van der Waals surface area contributed by atoms with Crippen molar-refractivity contribution in [3.05, 3.63) is 130 Å². The quantitative estimate of drug-likeness (QED) is 0.174. The van der Waals surface area contributed by atoms with E-state index in [9.17, 15) is 4.79 Å². The Morgan fingerprint density at radius 1 is 0.721 bits per heavy atom. The number of H-pyrrole nitrogens is 1. The number of aromatic amines is 1. The van der Waals surface area contributed by atoms with E-state index >= 15 is 0 Å². The summed E-state index contributed by atoms with van der Waals surface area (Å²) in [6.07, 6.45) is 0. The van der Waals surface area contributed by atoms with Crippen LogP contribution in [0.2, 0.25) is 0 Å². The number of aryl methyl sites for hydroxylation is 2. The van der Waals surface area contributed by atoms with Crippen LogP contribution in [0.5, 0.6) is 5.88 Å². The predicted molar refractivity (Wildman–Crippen MR) is 166 cm³/mol. The SMILES string of the molecule is COc1cccc(NCc2ccc(-c3cc(C)on3)cc2)n1.Cc1cc(-c2ccc(CNc3cccc(=O)[nH]3)cc2)no1. The zero-order chi connectivity index (χ0) is 30.0. The normalized spacial score (nSPS) is 10.5. The second-order valence-corrected chi connectivity index (χ2v) is 9.74. The maximum Gasteiger partial charge on any atom is 0.249 e. The molecule has 0 bridgehead atoms. The van der Waals surface area contributed by atoms with Gasteiger partial charge in [-0.15, -0.1) is 0 Å². The van der Waals surface area contributed by atoms with E-state index in [0.717, 1.165) is 51.0 Å². The lowest BCUT2D eigenvalue weighted by molar-refractivity contribution is 0.398. The van der Waals surface area contributed by atoms with Crippen LogP contribution in [0, 0.1) is 13.8 Å². The van der Waals surface area contributed by atoms with Crippen LogP contribution in [0.3, 0.4) is 0 Å². The van der Waals surface area contributed by atoms with Crippen molar-refractivity contribution in [1.82, 2.24) is 20.3 Å². The molecule has 0 aliphatic carbocycles. The molecular weight excluding hydrogens is 544 g/mol. The standard InChI is InChI=1S/C17H17N3O2.C16H15N3O2/c1-12-10-15(20-22-12)14-8-6-13(7-9-14)11-18-16-4-3-5-17(19-16)21-2;1-11-9-14(19-21-11)13-7-5-12(6-8-13)10-17-15-3-2-4-16(20)18-15/h3-10H,11H2,1-2H3,(H,18,19);2-9H,10H2,1H3,(H2,17,18,20). The van der Waals surface area contributed by atoms with Gasteiger partial charge in [0, 0.05) is 48.5 Å². The van der Waals surface area contributed by atoms with Gasteiger partial charge in [0.2, 0.25) is 11.4 Å². The van der Waals surface area contributed by atoms with Crippen molar-refractivity contribution >= 4 is 11.6 Å². The van der Waals surface area contributed by atoms with Crippen molar-refractivity contribution < 1.29 is 13.8 Å². The minimum Gasteiger partial charge on any atom is -0.481 e. The Bertz CT molecular complexity index is 1810. The van der Waals surface area contributed by atoms with Crippen LogP contribution in [0.25, 0.3) is 22.5 Å². The smallest absolute Gasteiger partial charge is 0.249 e. The molecule has 6 rings (SSSR count). The number of pyridine rings is 2. The first kappa shape index (κ1) is 28.9. The van der Waals surface area contributed by atoms with Crippen LogP contribution < -0.4 is 20.9 Å². The Morgan fingerprint density at radius 3 is 1.79 bits per heavy atom. The molecule has 43 heavy (non-hydrogen) atoms. The third-order valence-electron chi connectivity index (χ3n) is 6.41. The lowest BCUT2D eigenvalue weighted by atomic mass is 10.1. The van der Waals surface area contributed by atoms with Gasteiger partial charge < -0.3 is 29.4 Å². The van der Waals surface area contributed by atoms with Gasteiger partial charge >= 0.3 is 0 Å². The summed E-state index contributed by atoms with van der Waals surface area (Å²) in [5.41, 5.74) is 5.91. The van der Waals surface area contributed by atoms with Gasteiger partial charge in [0.1, 0.15) is 34.5 Å². The minimum absolute atomic E-state index is 0.114. The van der Waals surface area contributed by atoms with Crippen LogP contribution >= 0.6 is 0 Å². The number of ether oxygens (including phenoxy) is 1. The molecule has 3 N–H and O–H groups in total. The summed E-state index contributed by atoms with van der Waals surface area (Å²) in [6, 6.07) is 30.7. The highest BCUT2D eigenvalue weighted by atomic mass is 16.5. The first-order valence-corrected chi connectivity index (χ1v) is 13.7. The molecule has 0 atom stereocenters. The highest BCUT2D eigenvalue weighted by Crippen LogP contribution is 2.21. The third kappa shape index (κ3) is 8.20. The van der Waals surface area contributed by atoms with E-state index in [1.807, 2.05) is 86.6 Å². The zero-order valence-corrected chi connectivity index (χ0v) is 24.1. The average Bonchev–Trinajstić information content (AvgIpc) is 3.68. The van der Waals surface area contributed by atoms with Gasteiger partial charge in [-0.3, -0.25) is 4.79 Å². The number of hydrogen-bond acceptors (Lipinski definition) is 9. The molecule has 0 radical (unpaired) electrons. The van der Waals surface area contributed by atoms with E-state index in [-0.39, 0.29) is 5.56 Å². The Hall–Kier alpha value is -5.64. The highest BCUT2D eigenvalue weighted by molar-refractivity contribution is 5.60. The molecule has 0 unspecified atom stereocenters. The molecule has 10 heteroatoms. The zero-order valence-electron chi connectivity index (χ0n) is 24.1. The van der Waals surface area contributed by atoms with Crippen molar-refractivity contribution in [2.75, 3.05) is 17.7 Å². The molecule has 0 aliphatic heterocycles. The van der Waals surface area contributed by atoms with Crippen LogP contribution in [0.4, 0.5) is 11.6 Å². The Morgan fingerprint density at radius 2 is 1.28 bits per heavy atom. The number of nitrogens with zero attached hydrogens (tertiary/aromatic N) is 3. The summed E-state index contributed by atoms with van der Waals surface area (Å²) < 4.78 is 15.3. The lowest BCUT2D eigenvalue weighted by Crippen LogP contribution is -2.08. The fraction of sp³-hybridized carbons (Fsp3) is 0.152. The second kappa shape index (κ2) is 13.8. The largest absolute Gasteiger partial charge is 0.481 e. The average molecular weight is 577 g/mol. The monoisotopic (exact) mass is 576 g/mol. The number of anilines is 2. The van der Waals surface area contributed by atoms with E-state index in [4.69, 9.17) is 13.8 Å². The summed E-state index contributed by atoms with van der Waals surface area (Å²) in [5, 5.41) is 14.5. The molecule has 0 amide bonds. The van der Waals surface area contributed by atoms with Gasteiger partial charge in [-0.05, 0) is 37.1 Å². The molecule has 4 heterocycles. The topological polar surface area (TPSA) is 131 Å². The minimum atomic E-state index is -0.114. The van der Waals surface area contributed by atoms with E-state index in [0.29, 0.717) is 24.8 Å². The van der Waals surface area contributed by atoms with E-state index in [1.54, 1.807) is 13.2 Å². The Labute approximate surface area is 248 Å². The van der Waals surface area contributed by atoms with Crippen molar-refractivity contribution in [2.24, 2.45) is 0 Å². The fourth-order valence-electron chi connectivity index (χ4n) is 4.16. The predicted octanol–water partition coefficient (Wildman–Crippen LogP) is 6.62. The van der Waals surface area contributed by atoms with E-state index < -0.39 is 0 Å².